The maximum Gasteiger partial charge on any atom is 0.289 e. The number of rotatable bonds is 3. The average molecular weight is 348 g/mol. The maximum atomic E-state index is 12.7. The lowest BCUT2D eigenvalue weighted by molar-refractivity contribution is -0.387. The van der Waals surface area contributed by atoms with Crippen LogP contribution in [-0.2, 0) is 10.0 Å². The number of nitrogens with zero attached hydrogens (tertiary/aromatic N) is 2. The first-order valence-corrected chi connectivity index (χ1v) is 8.41. The molecule has 2 atom stereocenters. The highest BCUT2D eigenvalue weighted by Gasteiger charge is 2.39. The minimum Gasteiger partial charge on any atom is -0.314 e. The largest absolute Gasteiger partial charge is 0.314 e. The van der Waals surface area contributed by atoms with Crippen molar-refractivity contribution >= 4 is 28.1 Å². The normalized spacial score (nSPS) is 25.3. The predicted molar refractivity (Wildman–Crippen MR) is 83.6 cm³/mol. The molecule has 0 aliphatic carbocycles. The number of nitro groups is 1. The Kier molecular flexibility index (Phi) is 5.06. The summed E-state index contributed by atoms with van der Waals surface area (Å²) in [6.45, 7) is 1.75. The lowest BCUT2D eigenvalue weighted by Crippen LogP contribution is -2.46. The third-order valence-electron chi connectivity index (χ3n) is 4.30. The lowest BCUT2D eigenvalue weighted by Gasteiger charge is -2.33. The van der Waals surface area contributed by atoms with E-state index in [-0.39, 0.29) is 23.0 Å². The fourth-order valence-corrected chi connectivity index (χ4v) is 4.87. The van der Waals surface area contributed by atoms with E-state index in [1.165, 1.54) is 28.6 Å². The predicted octanol–water partition coefficient (Wildman–Crippen LogP) is 1.39. The van der Waals surface area contributed by atoms with E-state index in [9.17, 15) is 18.5 Å². The second-order valence-electron chi connectivity index (χ2n) is 5.49. The Balaban J connectivity index is 0.00000176. The van der Waals surface area contributed by atoms with Gasteiger partial charge < -0.3 is 5.32 Å². The third-order valence-corrected chi connectivity index (χ3v) is 6.21. The van der Waals surface area contributed by atoms with Gasteiger partial charge in [0.05, 0.1) is 4.92 Å². The minimum atomic E-state index is -3.81. The third kappa shape index (κ3) is 2.96. The molecule has 0 spiro atoms. The molecule has 0 amide bonds. The Labute approximate surface area is 135 Å². The lowest BCUT2D eigenvalue weighted by atomic mass is 9.95. The first kappa shape index (κ1) is 17.1. The van der Waals surface area contributed by atoms with E-state index in [1.54, 1.807) is 0 Å². The molecule has 1 N–H and O–H groups in total. The van der Waals surface area contributed by atoms with Crippen LogP contribution in [0, 0.1) is 16.0 Å². The van der Waals surface area contributed by atoms with Crippen LogP contribution < -0.4 is 5.32 Å². The Morgan fingerprint density at radius 1 is 1.27 bits per heavy atom. The summed E-state index contributed by atoms with van der Waals surface area (Å²) in [5.41, 5.74) is -0.357. The molecule has 2 saturated heterocycles. The van der Waals surface area contributed by atoms with E-state index in [2.05, 4.69) is 5.32 Å². The van der Waals surface area contributed by atoms with Crippen LogP contribution in [0.2, 0.25) is 0 Å². The quantitative estimate of drug-likeness (QED) is 0.658. The zero-order chi connectivity index (χ0) is 15.0. The van der Waals surface area contributed by atoms with Gasteiger partial charge in [-0.05, 0) is 31.4 Å². The molecule has 1 aromatic carbocycles. The molecular formula is C13H18ClN3O4S. The van der Waals surface area contributed by atoms with Crippen LogP contribution >= 0.6 is 12.4 Å². The molecule has 22 heavy (non-hydrogen) atoms. The smallest absolute Gasteiger partial charge is 0.289 e. The van der Waals surface area contributed by atoms with Crippen LogP contribution in [0.15, 0.2) is 29.2 Å². The molecule has 0 aromatic heterocycles. The van der Waals surface area contributed by atoms with Gasteiger partial charge in [0.1, 0.15) is 0 Å². The first-order valence-electron chi connectivity index (χ1n) is 6.97. The number of halogens is 1. The Bertz CT molecular complexity index is 667. The summed E-state index contributed by atoms with van der Waals surface area (Å²) in [6, 6.07) is 5.92. The van der Waals surface area contributed by atoms with Crippen molar-refractivity contribution in [1.82, 2.24) is 9.62 Å². The highest BCUT2D eigenvalue weighted by Crippen LogP contribution is 2.31. The van der Waals surface area contributed by atoms with Crippen LogP contribution in [0.25, 0.3) is 0 Å². The minimum absolute atomic E-state index is 0. The second kappa shape index (κ2) is 6.49. The summed E-state index contributed by atoms with van der Waals surface area (Å²) in [7, 11) is -3.81. The molecule has 0 bridgehead atoms. The molecule has 122 valence electrons. The number of sulfonamides is 1. The van der Waals surface area contributed by atoms with Crippen molar-refractivity contribution in [1.29, 1.82) is 0 Å². The molecule has 7 nitrogen and oxygen atoms in total. The summed E-state index contributed by atoms with van der Waals surface area (Å²) in [6.07, 6.45) is 1.71. The van der Waals surface area contributed by atoms with E-state index < -0.39 is 14.9 Å². The summed E-state index contributed by atoms with van der Waals surface area (Å²) >= 11 is 0. The molecule has 2 heterocycles. The van der Waals surface area contributed by atoms with Gasteiger partial charge in [0.15, 0.2) is 4.90 Å². The average Bonchev–Trinajstić information content (AvgIpc) is 2.94. The van der Waals surface area contributed by atoms with Crippen molar-refractivity contribution in [2.45, 2.75) is 23.8 Å². The molecule has 2 fully saturated rings. The molecule has 0 radical (unpaired) electrons. The van der Waals surface area contributed by atoms with Gasteiger partial charge in [-0.3, -0.25) is 10.1 Å². The summed E-state index contributed by atoms with van der Waals surface area (Å²) in [5.74, 6) is 0.302. The fraction of sp³-hybridized carbons (Fsp3) is 0.538. The molecule has 9 heteroatoms. The highest BCUT2D eigenvalue weighted by atomic mass is 35.5. The Morgan fingerprint density at radius 2 is 2.00 bits per heavy atom. The van der Waals surface area contributed by atoms with Gasteiger partial charge in [0.25, 0.3) is 5.69 Å². The van der Waals surface area contributed by atoms with Crippen molar-refractivity contribution in [2.24, 2.45) is 5.92 Å². The van der Waals surface area contributed by atoms with E-state index >= 15 is 0 Å². The standard InChI is InChI=1S/C13H17N3O4S.ClH/c17-16(18)12-3-1-2-4-13(12)21(19,20)15-8-6-11-10(9-15)5-7-14-11;/h1-4,10-11,14H,5-9H2;1H. The maximum absolute atomic E-state index is 12.7. The van der Waals surface area contributed by atoms with Crippen LogP contribution in [-0.4, -0.2) is 43.3 Å². The van der Waals surface area contributed by atoms with Crippen LogP contribution in [0.1, 0.15) is 12.8 Å². The van der Waals surface area contributed by atoms with Gasteiger partial charge in [-0.2, -0.15) is 4.31 Å². The van der Waals surface area contributed by atoms with Gasteiger partial charge in [0.2, 0.25) is 10.0 Å². The summed E-state index contributed by atoms with van der Waals surface area (Å²) < 4.78 is 26.8. The molecule has 3 rings (SSSR count). The zero-order valence-corrected chi connectivity index (χ0v) is 13.5. The number of para-hydroxylation sites is 1. The van der Waals surface area contributed by atoms with Crippen LogP contribution in [0.3, 0.4) is 0 Å². The molecule has 1 aromatic rings. The van der Waals surface area contributed by atoms with Gasteiger partial charge >= 0.3 is 0 Å². The van der Waals surface area contributed by atoms with E-state index in [0.29, 0.717) is 25.0 Å². The SMILES string of the molecule is Cl.O=[N+]([O-])c1ccccc1S(=O)(=O)N1CCC2NCCC2C1. The first-order chi connectivity index (χ1) is 10.00. The monoisotopic (exact) mass is 347 g/mol. The molecule has 0 saturated carbocycles. The molecule has 2 aliphatic rings. The second-order valence-corrected chi connectivity index (χ2v) is 7.39. The van der Waals surface area contributed by atoms with Gasteiger partial charge in [0, 0.05) is 25.2 Å². The Morgan fingerprint density at radius 3 is 2.73 bits per heavy atom. The number of hydrogen-bond acceptors (Lipinski definition) is 5. The number of fused-ring (bicyclic) bond motifs is 1. The van der Waals surface area contributed by atoms with Crippen LogP contribution in [0.5, 0.6) is 0 Å². The van der Waals surface area contributed by atoms with Crippen molar-refractivity contribution in [3.8, 4) is 0 Å². The van der Waals surface area contributed by atoms with Crippen molar-refractivity contribution in [2.75, 3.05) is 19.6 Å². The van der Waals surface area contributed by atoms with Crippen molar-refractivity contribution in [3.63, 3.8) is 0 Å². The number of benzene rings is 1. The van der Waals surface area contributed by atoms with Gasteiger partial charge in [-0.25, -0.2) is 8.42 Å². The molecular weight excluding hydrogens is 330 g/mol. The van der Waals surface area contributed by atoms with E-state index in [0.717, 1.165) is 19.4 Å². The number of piperidine rings is 1. The summed E-state index contributed by atoms with van der Waals surface area (Å²) in [4.78, 5) is 10.2. The topological polar surface area (TPSA) is 92.5 Å². The number of nitro benzene ring substituents is 1. The number of nitrogens with one attached hydrogen (secondary N) is 1. The molecule has 2 aliphatic heterocycles. The highest BCUT2D eigenvalue weighted by molar-refractivity contribution is 7.89. The zero-order valence-electron chi connectivity index (χ0n) is 11.8. The van der Waals surface area contributed by atoms with Crippen LogP contribution in [0.4, 0.5) is 5.69 Å². The van der Waals surface area contributed by atoms with Crippen molar-refractivity contribution in [3.05, 3.63) is 34.4 Å². The van der Waals surface area contributed by atoms with E-state index in [1.807, 2.05) is 0 Å². The summed E-state index contributed by atoms with van der Waals surface area (Å²) in [5, 5.41) is 14.4. The fourth-order valence-electron chi connectivity index (χ4n) is 3.20. The van der Waals surface area contributed by atoms with Gasteiger partial charge in [-0.15, -0.1) is 12.4 Å². The van der Waals surface area contributed by atoms with Gasteiger partial charge in [-0.1, -0.05) is 12.1 Å². The Hall–Kier alpha value is -1.22. The van der Waals surface area contributed by atoms with Crippen molar-refractivity contribution < 1.29 is 13.3 Å². The van der Waals surface area contributed by atoms with E-state index in [4.69, 9.17) is 0 Å². The molecule has 2 unspecified atom stereocenters. The number of hydrogen-bond donors (Lipinski definition) is 1.